The number of aliphatic carboxylic acids is 1. The van der Waals surface area contributed by atoms with Crippen molar-refractivity contribution in [3.63, 3.8) is 0 Å². The van der Waals surface area contributed by atoms with Crippen molar-refractivity contribution in [2.75, 3.05) is 6.61 Å². The predicted octanol–water partition coefficient (Wildman–Crippen LogP) is 3.14. The van der Waals surface area contributed by atoms with Crippen LogP contribution in [0.15, 0.2) is 18.2 Å². The van der Waals surface area contributed by atoms with Gasteiger partial charge in [0.1, 0.15) is 0 Å². The van der Waals surface area contributed by atoms with Crippen molar-refractivity contribution in [3.8, 4) is 0 Å². The van der Waals surface area contributed by atoms with Gasteiger partial charge in [0.15, 0.2) is 5.41 Å². The number of benzene rings is 1. The average molecular weight is 292 g/mol. The number of esters is 1. The first-order valence-electron chi connectivity index (χ1n) is 7.22. The van der Waals surface area contributed by atoms with Gasteiger partial charge in [-0.05, 0) is 49.8 Å². The molecule has 0 amide bonds. The van der Waals surface area contributed by atoms with Crippen molar-refractivity contribution in [1.29, 1.82) is 0 Å². The Bertz CT molecular complexity index is 534. The second-order valence-corrected chi connectivity index (χ2v) is 5.75. The Morgan fingerprint density at radius 2 is 1.86 bits per heavy atom. The minimum Gasteiger partial charge on any atom is -0.480 e. The Morgan fingerprint density at radius 3 is 2.29 bits per heavy atom. The molecule has 0 aliphatic rings. The number of hydrogen-bond acceptors (Lipinski definition) is 3. The molecule has 0 saturated heterocycles. The molecule has 4 heteroatoms. The topological polar surface area (TPSA) is 63.6 Å². The first-order valence-corrected chi connectivity index (χ1v) is 7.22. The highest BCUT2D eigenvalue weighted by Crippen LogP contribution is 2.34. The molecule has 1 aromatic carbocycles. The number of ether oxygens (including phenoxy) is 1. The van der Waals surface area contributed by atoms with E-state index in [9.17, 15) is 14.7 Å². The molecule has 0 aliphatic carbocycles. The van der Waals surface area contributed by atoms with Crippen molar-refractivity contribution in [1.82, 2.24) is 0 Å². The van der Waals surface area contributed by atoms with E-state index in [2.05, 4.69) is 0 Å². The second-order valence-electron chi connectivity index (χ2n) is 5.75. The van der Waals surface area contributed by atoms with E-state index in [1.807, 2.05) is 32.0 Å². The summed E-state index contributed by atoms with van der Waals surface area (Å²) in [5.41, 5.74) is 1.51. The third-order valence-corrected chi connectivity index (χ3v) is 4.06. The van der Waals surface area contributed by atoms with Gasteiger partial charge < -0.3 is 9.84 Å². The monoisotopic (exact) mass is 292 g/mol. The third-order valence-electron chi connectivity index (χ3n) is 4.06. The largest absolute Gasteiger partial charge is 0.480 e. The lowest BCUT2D eigenvalue weighted by Crippen LogP contribution is -2.47. The molecule has 0 heterocycles. The van der Waals surface area contributed by atoms with Gasteiger partial charge in [0.2, 0.25) is 0 Å². The van der Waals surface area contributed by atoms with Gasteiger partial charge in [0, 0.05) is 0 Å². The SMILES string of the molecule is CCOC(=O)C(Cc1ccc(C)c(C)c1)(C(=O)O)C(C)C. The number of aryl methyl sites for hydroxylation is 2. The molecule has 1 unspecified atom stereocenters. The summed E-state index contributed by atoms with van der Waals surface area (Å²) in [5, 5.41) is 9.68. The molecule has 1 rings (SSSR count). The van der Waals surface area contributed by atoms with Crippen LogP contribution in [-0.4, -0.2) is 23.7 Å². The van der Waals surface area contributed by atoms with E-state index in [0.717, 1.165) is 16.7 Å². The summed E-state index contributed by atoms with van der Waals surface area (Å²) in [7, 11) is 0. The second kappa shape index (κ2) is 6.74. The third kappa shape index (κ3) is 3.43. The number of rotatable bonds is 6. The summed E-state index contributed by atoms with van der Waals surface area (Å²) in [6.45, 7) is 9.31. The van der Waals surface area contributed by atoms with Gasteiger partial charge in [0.05, 0.1) is 6.61 Å². The maximum atomic E-state index is 12.3. The zero-order valence-electron chi connectivity index (χ0n) is 13.4. The van der Waals surface area contributed by atoms with Crippen LogP contribution in [0.4, 0.5) is 0 Å². The van der Waals surface area contributed by atoms with Crippen LogP contribution >= 0.6 is 0 Å². The molecule has 1 N–H and O–H groups in total. The number of carboxylic acids is 1. The Hall–Kier alpha value is -1.84. The van der Waals surface area contributed by atoms with Crippen LogP contribution in [0.2, 0.25) is 0 Å². The molecule has 1 atom stereocenters. The number of hydrogen-bond donors (Lipinski definition) is 1. The van der Waals surface area contributed by atoms with E-state index in [4.69, 9.17) is 4.74 Å². The minimum absolute atomic E-state index is 0.139. The fourth-order valence-electron chi connectivity index (χ4n) is 2.42. The summed E-state index contributed by atoms with van der Waals surface area (Å²) in [6, 6.07) is 5.76. The van der Waals surface area contributed by atoms with E-state index in [1.54, 1.807) is 20.8 Å². The van der Waals surface area contributed by atoms with E-state index in [1.165, 1.54) is 0 Å². The minimum atomic E-state index is -1.54. The lowest BCUT2D eigenvalue weighted by atomic mass is 9.72. The van der Waals surface area contributed by atoms with Gasteiger partial charge in [-0.25, -0.2) is 0 Å². The highest BCUT2D eigenvalue weighted by atomic mass is 16.5. The first kappa shape index (κ1) is 17.2. The molecule has 0 aliphatic heterocycles. The van der Waals surface area contributed by atoms with E-state index in [0.29, 0.717) is 0 Å². The van der Waals surface area contributed by atoms with Crippen molar-refractivity contribution >= 4 is 11.9 Å². The molecule has 21 heavy (non-hydrogen) atoms. The molecular formula is C17H24O4. The number of carboxylic acid groups (broad SMARTS) is 1. The summed E-state index contributed by atoms with van der Waals surface area (Å²) < 4.78 is 5.04. The van der Waals surface area contributed by atoms with Crippen LogP contribution in [0.3, 0.4) is 0 Å². The number of carbonyl (C=O) groups excluding carboxylic acids is 1. The van der Waals surface area contributed by atoms with Gasteiger partial charge in [-0.3, -0.25) is 9.59 Å². The van der Waals surface area contributed by atoms with Crippen molar-refractivity contribution in [3.05, 3.63) is 34.9 Å². The highest BCUT2D eigenvalue weighted by molar-refractivity contribution is 5.99. The zero-order chi connectivity index (χ0) is 16.2. The molecule has 0 fully saturated rings. The predicted molar refractivity (Wildman–Crippen MR) is 81.2 cm³/mol. The summed E-state index contributed by atoms with van der Waals surface area (Å²) >= 11 is 0. The van der Waals surface area contributed by atoms with Gasteiger partial charge in [-0.15, -0.1) is 0 Å². The molecule has 0 bridgehead atoms. The summed E-state index contributed by atoms with van der Waals surface area (Å²) in [6.07, 6.45) is 0.139. The fourth-order valence-corrected chi connectivity index (χ4v) is 2.42. The van der Waals surface area contributed by atoms with Crippen LogP contribution in [0.1, 0.15) is 37.5 Å². The van der Waals surface area contributed by atoms with Crippen molar-refractivity contribution in [2.45, 2.75) is 41.0 Å². The number of carbonyl (C=O) groups is 2. The van der Waals surface area contributed by atoms with Crippen LogP contribution in [-0.2, 0) is 20.7 Å². The molecule has 116 valence electrons. The zero-order valence-corrected chi connectivity index (χ0v) is 13.4. The molecule has 0 saturated carbocycles. The lowest BCUT2D eigenvalue weighted by Gasteiger charge is -2.31. The molecular weight excluding hydrogens is 268 g/mol. The van der Waals surface area contributed by atoms with E-state index in [-0.39, 0.29) is 18.9 Å². The molecule has 1 aromatic rings. The fraction of sp³-hybridized carbons (Fsp3) is 0.529. The lowest BCUT2D eigenvalue weighted by molar-refractivity contribution is -0.172. The smallest absolute Gasteiger partial charge is 0.324 e. The molecule has 0 radical (unpaired) electrons. The Balaban J connectivity index is 3.26. The Kier molecular flexibility index (Phi) is 5.53. The van der Waals surface area contributed by atoms with Crippen LogP contribution < -0.4 is 0 Å². The normalized spacial score (nSPS) is 13.8. The van der Waals surface area contributed by atoms with Gasteiger partial charge in [-0.1, -0.05) is 32.0 Å². The Morgan fingerprint density at radius 1 is 1.24 bits per heavy atom. The maximum Gasteiger partial charge on any atom is 0.324 e. The Labute approximate surface area is 126 Å². The standard InChI is InChI=1S/C17H24O4/c1-6-21-16(20)17(11(2)3,15(18)19)10-14-8-7-12(4)13(5)9-14/h7-9,11H,6,10H2,1-5H3,(H,18,19). The summed E-state index contributed by atoms with van der Waals surface area (Å²) in [5.74, 6) is -2.16. The van der Waals surface area contributed by atoms with Gasteiger partial charge >= 0.3 is 11.9 Å². The van der Waals surface area contributed by atoms with Crippen molar-refractivity contribution in [2.24, 2.45) is 11.3 Å². The maximum absolute atomic E-state index is 12.3. The van der Waals surface area contributed by atoms with Gasteiger partial charge in [0.25, 0.3) is 0 Å². The molecule has 0 aromatic heterocycles. The average Bonchev–Trinajstić information content (AvgIpc) is 2.39. The van der Waals surface area contributed by atoms with Gasteiger partial charge in [-0.2, -0.15) is 0 Å². The highest BCUT2D eigenvalue weighted by Gasteiger charge is 2.50. The molecule has 0 spiro atoms. The summed E-state index contributed by atoms with van der Waals surface area (Å²) in [4.78, 5) is 24.1. The molecule has 4 nitrogen and oxygen atoms in total. The van der Waals surface area contributed by atoms with E-state index < -0.39 is 17.4 Å². The van der Waals surface area contributed by atoms with Crippen molar-refractivity contribution < 1.29 is 19.4 Å². The van der Waals surface area contributed by atoms with Crippen LogP contribution in [0.25, 0.3) is 0 Å². The van der Waals surface area contributed by atoms with Crippen LogP contribution in [0, 0.1) is 25.2 Å². The van der Waals surface area contributed by atoms with Crippen LogP contribution in [0.5, 0.6) is 0 Å². The first-order chi connectivity index (χ1) is 9.75. The van der Waals surface area contributed by atoms with E-state index >= 15 is 0 Å². The quantitative estimate of drug-likeness (QED) is 0.646.